The van der Waals surface area contributed by atoms with E-state index in [0.717, 1.165) is 89.9 Å². The van der Waals surface area contributed by atoms with Crippen molar-refractivity contribution in [1.82, 2.24) is 0 Å². The molecular formula is C42H74O14. The van der Waals surface area contributed by atoms with Crippen molar-refractivity contribution in [2.75, 3.05) is 0 Å². The summed E-state index contributed by atoms with van der Waals surface area (Å²) in [6.45, 7) is 9.40. The molecule has 56 heavy (non-hydrogen) atoms. The molecule has 0 aromatic heterocycles. The van der Waals surface area contributed by atoms with Gasteiger partial charge in [-0.3, -0.25) is 9.59 Å². The van der Waals surface area contributed by atoms with Gasteiger partial charge in [-0.1, -0.05) is 110 Å². The van der Waals surface area contributed by atoms with Gasteiger partial charge < -0.3 is 54.0 Å². The first kappa shape index (κ1) is 50.0. The van der Waals surface area contributed by atoms with E-state index in [9.17, 15) is 39.9 Å². The zero-order valence-corrected chi connectivity index (χ0v) is 34.6. The molecular weight excluding hydrogens is 728 g/mol. The average molecular weight is 803 g/mol. The number of unbranched alkanes of at least 4 members (excludes halogenated alkanes) is 13. The molecule has 0 aromatic carbocycles. The molecule has 5 N–H and O–H groups in total. The summed E-state index contributed by atoms with van der Waals surface area (Å²) in [5.41, 5.74) is 0. The fourth-order valence-corrected chi connectivity index (χ4v) is 7.04. The van der Waals surface area contributed by atoms with Crippen LogP contribution in [-0.4, -0.2) is 117 Å². The number of aliphatic hydroxyl groups is 4. The van der Waals surface area contributed by atoms with E-state index in [0.29, 0.717) is 25.7 Å². The van der Waals surface area contributed by atoms with Crippen LogP contribution in [0.4, 0.5) is 0 Å². The van der Waals surface area contributed by atoms with E-state index in [2.05, 4.69) is 20.8 Å². The monoisotopic (exact) mass is 803 g/mol. The van der Waals surface area contributed by atoms with Crippen LogP contribution in [0.25, 0.3) is 0 Å². The highest BCUT2D eigenvalue weighted by molar-refractivity contribution is 5.82. The number of aliphatic hydroxyl groups excluding tert-OH is 4. The molecule has 0 aromatic rings. The maximum absolute atomic E-state index is 13.4. The Labute approximate surface area is 334 Å². The van der Waals surface area contributed by atoms with Gasteiger partial charge in [-0.25, -0.2) is 4.79 Å². The van der Waals surface area contributed by atoms with Crippen LogP contribution in [0.15, 0.2) is 12.2 Å². The lowest BCUT2D eigenvalue weighted by Gasteiger charge is -2.46. The van der Waals surface area contributed by atoms with Crippen LogP contribution in [0.1, 0.15) is 163 Å². The van der Waals surface area contributed by atoms with E-state index in [4.69, 9.17) is 28.4 Å². The molecule has 2 aliphatic heterocycles. The second-order valence-electron chi connectivity index (χ2n) is 15.6. The standard InChI is InChI=1S/C42H74O14/c1-6-9-12-15-16-19-22-25-33(45)55-39-37(49)35(47)29(5)52-42(39)56-40-38(50)36(48)28(4)51-41(40)54-31(24-21-18-14-11-8-3)27-34(46)53-30(26-32(43)44)23-20-17-13-10-7-2/h22,25,28-31,35-42,47-50H,6-21,23-24,26-27H2,1-5H3,(H,43,44)/b25-22+/t28-,29-,30?,31?,35-,36-,37+,38+,39+,40+,41-,42-/m0/s1. The quantitative estimate of drug-likeness (QED) is 0.0333. The molecule has 2 rings (SSSR count). The lowest BCUT2D eigenvalue weighted by atomic mass is 9.97. The first-order valence-electron chi connectivity index (χ1n) is 21.4. The predicted octanol–water partition coefficient (Wildman–Crippen LogP) is 6.02. The van der Waals surface area contributed by atoms with Crippen molar-refractivity contribution in [1.29, 1.82) is 0 Å². The van der Waals surface area contributed by atoms with Gasteiger partial charge >= 0.3 is 17.9 Å². The maximum atomic E-state index is 13.4. The van der Waals surface area contributed by atoms with E-state index >= 15 is 0 Å². The van der Waals surface area contributed by atoms with Gasteiger partial charge in [0, 0.05) is 6.08 Å². The maximum Gasteiger partial charge on any atom is 0.330 e. The van der Waals surface area contributed by atoms with Crippen LogP contribution >= 0.6 is 0 Å². The number of carbonyl (C=O) groups excluding carboxylic acids is 2. The molecule has 2 heterocycles. The van der Waals surface area contributed by atoms with Gasteiger partial charge in [-0.15, -0.1) is 0 Å². The molecule has 0 radical (unpaired) electrons. The molecule has 0 aliphatic carbocycles. The summed E-state index contributed by atoms with van der Waals surface area (Å²) < 4.78 is 35.7. The summed E-state index contributed by atoms with van der Waals surface area (Å²) in [5, 5.41) is 53.3. The minimum atomic E-state index is -1.61. The van der Waals surface area contributed by atoms with Crippen LogP contribution in [0.5, 0.6) is 0 Å². The number of hydrogen-bond donors (Lipinski definition) is 5. The Morgan fingerprint density at radius 1 is 0.625 bits per heavy atom. The van der Waals surface area contributed by atoms with Crippen molar-refractivity contribution in [3.8, 4) is 0 Å². The number of hydrogen-bond acceptors (Lipinski definition) is 13. The summed E-state index contributed by atoms with van der Waals surface area (Å²) in [6.07, 6.45) is 3.27. The topological polar surface area (TPSA) is 208 Å². The van der Waals surface area contributed by atoms with Crippen molar-refractivity contribution < 1.29 is 68.3 Å². The van der Waals surface area contributed by atoms with Gasteiger partial charge in [0.2, 0.25) is 0 Å². The molecule has 2 fully saturated rings. The number of carbonyl (C=O) groups is 3. The van der Waals surface area contributed by atoms with Gasteiger partial charge in [0.1, 0.15) is 36.6 Å². The Balaban J connectivity index is 2.25. The third-order valence-corrected chi connectivity index (χ3v) is 10.5. The van der Waals surface area contributed by atoms with Crippen LogP contribution in [-0.2, 0) is 42.8 Å². The van der Waals surface area contributed by atoms with E-state index < -0.39 is 91.5 Å². The van der Waals surface area contributed by atoms with E-state index in [-0.39, 0.29) is 12.8 Å². The van der Waals surface area contributed by atoms with E-state index in [1.54, 1.807) is 13.0 Å². The lowest BCUT2D eigenvalue weighted by Crippen LogP contribution is -2.64. The van der Waals surface area contributed by atoms with Crippen LogP contribution < -0.4 is 0 Å². The second kappa shape index (κ2) is 28.3. The predicted molar refractivity (Wildman–Crippen MR) is 208 cm³/mol. The average Bonchev–Trinajstić information content (AvgIpc) is 3.15. The van der Waals surface area contributed by atoms with Crippen LogP contribution in [0.2, 0.25) is 0 Å². The Hall–Kier alpha value is -2.17. The van der Waals surface area contributed by atoms with Crippen molar-refractivity contribution >= 4 is 17.9 Å². The van der Waals surface area contributed by atoms with Gasteiger partial charge in [0.05, 0.1) is 31.2 Å². The van der Waals surface area contributed by atoms with Gasteiger partial charge in [0.15, 0.2) is 18.7 Å². The number of aliphatic carboxylic acids is 1. The lowest BCUT2D eigenvalue weighted by molar-refractivity contribution is -0.366. The van der Waals surface area contributed by atoms with E-state index in [1.165, 1.54) is 13.0 Å². The molecule has 12 atom stereocenters. The number of rotatable bonds is 29. The number of allylic oxidation sites excluding steroid dienone is 1. The molecule has 14 heteroatoms. The van der Waals surface area contributed by atoms with Crippen molar-refractivity contribution in [3.05, 3.63) is 12.2 Å². The smallest absolute Gasteiger partial charge is 0.330 e. The molecule has 2 aliphatic rings. The normalized spacial score (nSPS) is 29.2. The number of carboxylic acid groups (broad SMARTS) is 1. The van der Waals surface area contributed by atoms with Gasteiger partial charge in [-0.2, -0.15) is 0 Å². The zero-order chi connectivity index (χ0) is 41.5. The molecule has 14 nitrogen and oxygen atoms in total. The number of esters is 2. The first-order chi connectivity index (χ1) is 26.8. The minimum absolute atomic E-state index is 0.230. The fourth-order valence-electron chi connectivity index (χ4n) is 7.04. The summed E-state index contributed by atoms with van der Waals surface area (Å²) >= 11 is 0. The molecule has 326 valence electrons. The Bertz CT molecular complexity index is 1120. The summed E-state index contributed by atoms with van der Waals surface area (Å²) in [5.74, 6) is -2.48. The highest BCUT2D eigenvalue weighted by Gasteiger charge is 2.51. The van der Waals surface area contributed by atoms with E-state index in [1.807, 2.05) is 0 Å². The zero-order valence-electron chi connectivity index (χ0n) is 34.6. The summed E-state index contributed by atoms with van der Waals surface area (Å²) in [7, 11) is 0. The molecule has 2 saturated heterocycles. The second-order valence-corrected chi connectivity index (χ2v) is 15.6. The van der Waals surface area contributed by atoms with Crippen molar-refractivity contribution in [2.24, 2.45) is 0 Å². The highest BCUT2D eigenvalue weighted by atomic mass is 16.8. The third-order valence-electron chi connectivity index (χ3n) is 10.5. The number of ether oxygens (including phenoxy) is 6. The van der Waals surface area contributed by atoms with Crippen molar-refractivity contribution in [2.45, 2.75) is 237 Å². The highest BCUT2D eigenvalue weighted by Crippen LogP contribution is 2.32. The van der Waals surface area contributed by atoms with Crippen LogP contribution in [0.3, 0.4) is 0 Å². The largest absolute Gasteiger partial charge is 0.481 e. The molecule has 0 bridgehead atoms. The fraction of sp³-hybridized carbons (Fsp3) is 0.881. The molecule has 0 saturated carbocycles. The third kappa shape index (κ3) is 18.6. The van der Waals surface area contributed by atoms with Crippen LogP contribution in [0, 0.1) is 0 Å². The Morgan fingerprint density at radius 3 is 1.68 bits per heavy atom. The SMILES string of the molecule is CCCCCCC/C=C/C(=O)O[C@H]1[C@H](O[C@H]2[C@H](OC(CCCCCCC)CC(=O)OC(CCCCCCC)CC(=O)O)O[C@@H](C)[C@H](O)[C@H]2O)O[C@@H](C)[C@H](O)[C@H]1O. The molecule has 0 amide bonds. The Kier molecular flexibility index (Phi) is 25.2. The molecule has 0 spiro atoms. The van der Waals surface area contributed by atoms with Crippen molar-refractivity contribution in [3.63, 3.8) is 0 Å². The molecule has 2 unspecified atom stereocenters. The summed E-state index contributed by atoms with van der Waals surface area (Å²) in [6, 6.07) is 0. The Morgan fingerprint density at radius 2 is 1.12 bits per heavy atom. The van der Waals surface area contributed by atoms with Gasteiger partial charge in [0.25, 0.3) is 0 Å². The first-order valence-corrected chi connectivity index (χ1v) is 21.4. The number of carboxylic acids is 1. The minimum Gasteiger partial charge on any atom is -0.481 e. The van der Waals surface area contributed by atoms with Gasteiger partial charge in [-0.05, 0) is 46.0 Å². The summed E-state index contributed by atoms with van der Waals surface area (Å²) in [4.78, 5) is 37.8.